The number of benzene rings is 1. The fourth-order valence-electron chi connectivity index (χ4n) is 4.17. The molecule has 2 amide bonds. The van der Waals surface area contributed by atoms with Crippen LogP contribution in [0.4, 0.5) is 0 Å². The van der Waals surface area contributed by atoms with E-state index in [0.29, 0.717) is 36.9 Å². The molecule has 0 saturated carbocycles. The normalized spacial score (nSPS) is 19.5. The first-order chi connectivity index (χ1) is 14.3. The third-order valence-electron chi connectivity index (χ3n) is 6.28. The minimum Gasteiger partial charge on any atom is -0.481 e. The van der Waals surface area contributed by atoms with Crippen molar-refractivity contribution >= 4 is 23.4 Å². The molecule has 5 N–H and O–H groups in total. The number of carbonyl (C=O) groups excluding carboxylic acids is 2. The SMILES string of the molecule is CC(=O)N1CCC(N)(c2ccc(C(N)=O)c(C3=CCC(C)(C)CC3)c2)CC1.CC(=O)O. The number of hydrogen-bond acceptors (Lipinski definition) is 4. The number of aliphatic carboxylic acids is 1. The molecular weight excluding hydrogens is 394 g/mol. The first-order valence-corrected chi connectivity index (χ1v) is 10.7. The maximum absolute atomic E-state index is 12.0. The Morgan fingerprint density at radius 2 is 1.65 bits per heavy atom. The zero-order valence-corrected chi connectivity index (χ0v) is 19.0. The maximum Gasteiger partial charge on any atom is 0.300 e. The van der Waals surface area contributed by atoms with E-state index in [1.54, 1.807) is 6.92 Å². The van der Waals surface area contributed by atoms with Crippen LogP contribution in [-0.4, -0.2) is 40.9 Å². The summed E-state index contributed by atoms with van der Waals surface area (Å²) in [6.07, 6.45) is 6.69. The number of primary amides is 1. The van der Waals surface area contributed by atoms with Gasteiger partial charge < -0.3 is 21.5 Å². The van der Waals surface area contributed by atoms with E-state index in [-0.39, 0.29) is 5.91 Å². The van der Waals surface area contributed by atoms with Crippen LogP contribution in [0.3, 0.4) is 0 Å². The van der Waals surface area contributed by atoms with Crippen LogP contribution in [0.15, 0.2) is 24.3 Å². The second kappa shape index (κ2) is 9.64. The van der Waals surface area contributed by atoms with Gasteiger partial charge in [0.2, 0.25) is 11.8 Å². The highest BCUT2D eigenvalue weighted by atomic mass is 16.4. The van der Waals surface area contributed by atoms with E-state index < -0.39 is 17.4 Å². The van der Waals surface area contributed by atoms with Crippen LogP contribution in [0.1, 0.15) is 81.3 Å². The predicted molar refractivity (Wildman–Crippen MR) is 121 cm³/mol. The third-order valence-corrected chi connectivity index (χ3v) is 6.28. The molecule has 1 heterocycles. The summed E-state index contributed by atoms with van der Waals surface area (Å²) in [6.45, 7) is 8.54. The molecule has 1 aliphatic heterocycles. The quantitative estimate of drug-likeness (QED) is 0.680. The minimum absolute atomic E-state index is 0.0943. The molecule has 3 rings (SSSR count). The lowest BCUT2D eigenvalue weighted by molar-refractivity contribution is -0.134. The summed E-state index contributed by atoms with van der Waals surface area (Å²) in [4.78, 5) is 34.4. The molecule has 0 spiro atoms. The van der Waals surface area contributed by atoms with E-state index in [1.165, 1.54) is 5.57 Å². The van der Waals surface area contributed by atoms with Gasteiger partial charge in [-0.2, -0.15) is 0 Å². The Morgan fingerprint density at radius 1 is 1.06 bits per heavy atom. The molecule has 0 bridgehead atoms. The summed E-state index contributed by atoms with van der Waals surface area (Å²) in [5, 5.41) is 7.42. The lowest BCUT2D eigenvalue weighted by Gasteiger charge is -2.39. The summed E-state index contributed by atoms with van der Waals surface area (Å²) >= 11 is 0. The van der Waals surface area contributed by atoms with Crippen LogP contribution in [0.25, 0.3) is 5.57 Å². The molecule has 2 aliphatic rings. The van der Waals surface area contributed by atoms with Gasteiger partial charge in [0.1, 0.15) is 0 Å². The highest BCUT2D eigenvalue weighted by Gasteiger charge is 2.34. The molecule has 1 aromatic carbocycles. The number of nitrogens with two attached hydrogens (primary N) is 2. The number of likely N-dealkylation sites (tertiary alicyclic amines) is 1. The summed E-state index contributed by atoms with van der Waals surface area (Å²) in [5.74, 6) is -1.14. The smallest absolute Gasteiger partial charge is 0.300 e. The first-order valence-electron chi connectivity index (χ1n) is 10.7. The van der Waals surface area contributed by atoms with Crippen LogP contribution in [-0.2, 0) is 15.1 Å². The van der Waals surface area contributed by atoms with E-state index in [4.69, 9.17) is 21.4 Å². The van der Waals surface area contributed by atoms with Gasteiger partial charge in [-0.15, -0.1) is 0 Å². The second-order valence-electron chi connectivity index (χ2n) is 9.40. The standard InChI is InChI=1S/C22H31N3O2.C2H4O2/c1-15(26)25-12-10-22(24,11-13-25)17-4-5-18(20(23)27)19(14-17)16-6-8-21(2,3)9-7-16;1-2(3)4/h4-6,14H,7-13,24H2,1-3H3,(H2,23,27);1H3,(H,3,4). The predicted octanol–water partition coefficient (Wildman–Crippen LogP) is 3.27. The number of carboxylic acids is 1. The number of carboxylic acid groups (broad SMARTS) is 1. The monoisotopic (exact) mass is 429 g/mol. The van der Waals surface area contributed by atoms with Gasteiger partial charge in [-0.25, -0.2) is 0 Å². The van der Waals surface area contributed by atoms with E-state index >= 15 is 0 Å². The number of piperidine rings is 1. The van der Waals surface area contributed by atoms with E-state index in [1.807, 2.05) is 17.0 Å². The molecule has 1 fully saturated rings. The van der Waals surface area contributed by atoms with Gasteiger partial charge in [-0.3, -0.25) is 14.4 Å². The van der Waals surface area contributed by atoms with Gasteiger partial charge in [-0.05, 0) is 66.4 Å². The number of carbonyl (C=O) groups is 3. The molecule has 170 valence electrons. The Morgan fingerprint density at radius 3 is 2.10 bits per heavy atom. The molecule has 1 aromatic rings. The Hall–Kier alpha value is -2.67. The minimum atomic E-state index is -0.833. The van der Waals surface area contributed by atoms with Gasteiger partial charge in [0, 0.05) is 38.0 Å². The fourth-order valence-corrected chi connectivity index (χ4v) is 4.17. The summed E-state index contributed by atoms with van der Waals surface area (Å²) in [6, 6.07) is 5.81. The molecule has 31 heavy (non-hydrogen) atoms. The molecule has 0 atom stereocenters. The average Bonchev–Trinajstić information content (AvgIpc) is 2.67. The van der Waals surface area contributed by atoms with Crippen molar-refractivity contribution in [1.29, 1.82) is 0 Å². The van der Waals surface area contributed by atoms with Crippen LogP contribution in [0, 0.1) is 5.41 Å². The first kappa shape index (κ1) is 24.6. The molecule has 0 radical (unpaired) electrons. The van der Waals surface area contributed by atoms with Crippen molar-refractivity contribution in [1.82, 2.24) is 4.90 Å². The van der Waals surface area contributed by atoms with Crippen LogP contribution in [0.5, 0.6) is 0 Å². The van der Waals surface area contributed by atoms with E-state index in [2.05, 4.69) is 26.0 Å². The Labute approximate surface area is 184 Å². The summed E-state index contributed by atoms with van der Waals surface area (Å²) in [5.41, 5.74) is 15.9. The van der Waals surface area contributed by atoms with Gasteiger partial charge in [-0.1, -0.05) is 26.0 Å². The number of amides is 2. The molecule has 0 aromatic heterocycles. The molecule has 7 nitrogen and oxygen atoms in total. The molecule has 0 unspecified atom stereocenters. The van der Waals surface area contributed by atoms with Crippen LogP contribution >= 0.6 is 0 Å². The van der Waals surface area contributed by atoms with Crippen molar-refractivity contribution in [2.75, 3.05) is 13.1 Å². The number of hydrogen-bond donors (Lipinski definition) is 3. The Kier molecular flexibility index (Phi) is 7.65. The van der Waals surface area contributed by atoms with Gasteiger partial charge in [0.25, 0.3) is 5.97 Å². The summed E-state index contributed by atoms with van der Waals surface area (Å²) < 4.78 is 0. The Balaban J connectivity index is 0.000000785. The molecule has 1 aliphatic carbocycles. The van der Waals surface area contributed by atoms with Crippen molar-refractivity contribution in [3.05, 3.63) is 41.0 Å². The van der Waals surface area contributed by atoms with Crippen molar-refractivity contribution in [2.45, 2.75) is 65.3 Å². The van der Waals surface area contributed by atoms with E-state index in [0.717, 1.165) is 37.3 Å². The summed E-state index contributed by atoms with van der Waals surface area (Å²) in [7, 11) is 0. The van der Waals surface area contributed by atoms with E-state index in [9.17, 15) is 9.59 Å². The number of nitrogens with zero attached hydrogens (tertiary/aromatic N) is 1. The van der Waals surface area contributed by atoms with Crippen molar-refractivity contribution in [2.24, 2.45) is 16.9 Å². The molecular formula is C24H35N3O4. The zero-order valence-electron chi connectivity index (χ0n) is 19.0. The number of rotatable bonds is 3. The topological polar surface area (TPSA) is 127 Å². The van der Waals surface area contributed by atoms with Gasteiger partial charge >= 0.3 is 0 Å². The largest absolute Gasteiger partial charge is 0.481 e. The highest BCUT2D eigenvalue weighted by molar-refractivity contribution is 5.98. The fraction of sp³-hybridized carbons (Fsp3) is 0.542. The third kappa shape index (κ3) is 6.40. The second-order valence-corrected chi connectivity index (χ2v) is 9.40. The van der Waals surface area contributed by atoms with Crippen LogP contribution in [0.2, 0.25) is 0 Å². The van der Waals surface area contributed by atoms with Gasteiger partial charge in [0.15, 0.2) is 0 Å². The van der Waals surface area contributed by atoms with Crippen molar-refractivity contribution < 1.29 is 19.5 Å². The Bertz CT molecular complexity index is 877. The van der Waals surface area contributed by atoms with Gasteiger partial charge in [0.05, 0.1) is 0 Å². The lowest BCUT2D eigenvalue weighted by atomic mass is 9.75. The molecule has 1 saturated heterocycles. The van der Waals surface area contributed by atoms with Crippen molar-refractivity contribution in [3.8, 4) is 0 Å². The average molecular weight is 430 g/mol. The van der Waals surface area contributed by atoms with Crippen LogP contribution < -0.4 is 11.5 Å². The zero-order chi connectivity index (χ0) is 23.4. The van der Waals surface area contributed by atoms with Crippen molar-refractivity contribution in [3.63, 3.8) is 0 Å². The number of allylic oxidation sites excluding steroid dienone is 2. The lowest BCUT2D eigenvalue weighted by Crippen LogP contribution is -2.49. The highest BCUT2D eigenvalue weighted by Crippen LogP contribution is 2.40. The maximum atomic E-state index is 12.0. The molecule has 7 heteroatoms.